The van der Waals surface area contributed by atoms with Crippen LogP contribution in [0, 0.1) is 0 Å². The van der Waals surface area contributed by atoms with Gasteiger partial charge in [0.05, 0.1) is 0 Å². The maximum Gasteiger partial charge on any atom is 0.205 e. The average Bonchev–Trinajstić information content (AvgIpc) is 2.55. The van der Waals surface area contributed by atoms with E-state index >= 15 is 0 Å². The number of aliphatic hydroxyl groups excluding tert-OH is 1. The van der Waals surface area contributed by atoms with Crippen molar-refractivity contribution < 1.29 is 5.11 Å². The molecular weight excluding hydrogens is 174 g/mol. The number of rotatable bonds is 4. The highest BCUT2D eigenvalue weighted by Gasteiger charge is 2.07. The van der Waals surface area contributed by atoms with E-state index in [1.807, 2.05) is 0 Å². The van der Waals surface area contributed by atoms with Crippen molar-refractivity contribution in [3.8, 4) is 0 Å². The van der Waals surface area contributed by atoms with Crippen LogP contribution in [-0.4, -0.2) is 27.6 Å². The molecule has 1 N–H and O–H groups in total. The van der Waals surface area contributed by atoms with Gasteiger partial charge in [-0.2, -0.15) is 4.37 Å². The molecule has 0 saturated carbocycles. The molecule has 0 aliphatic rings. The number of hydrogen-bond donors (Lipinski definition) is 1. The van der Waals surface area contributed by atoms with Crippen LogP contribution in [0.1, 0.15) is 19.7 Å². The molecule has 0 atom stereocenters. The number of anilines is 1. The molecule has 0 radical (unpaired) electrons. The molecule has 4 nitrogen and oxygen atoms in total. The summed E-state index contributed by atoms with van der Waals surface area (Å²) in [4.78, 5) is 6.26. The third-order valence-electron chi connectivity index (χ3n) is 1.63. The number of aromatic nitrogens is 2. The van der Waals surface area contributed by atoms with Gasteiger partial charge in [-0.15, -0.1) is 0 Å². The van der Waals surface area contributed by atoms with Gasteiger partial charge in [0.25, 0.3) is 0 Å². The second-order valence-corrected chi connectivity index (χ2v) is 3.05. The molecule has 0 aliphatic heterocycles. The summed E-state index contributed by atoms with van der Waals surface area (Å²) in [6, 6.07) is 0. The van der Waals surface area contributed by atoms with Gasteiger partial charge in [0.2, 0.25) is 5.13 Å². The van der Waals surface area contributed by atoms with Gasteiger partial charge in [-0.05, 0) is 13.8 Å². The smallest absolute Gasteiger partial charge is 0.205 e. The minimum atomic E-state index is -0.0717. The SMILES string of the molecule is CCN(CC)c1nc(CO)ns1. The van der Waals surface area contributed by atoms with Crippen LogP contribution in [0.3, 0.4) is 0 Å². The van der Waals surface area contributed by atoms with Crippen molar-refractivity contribution in [2.24, 2.45) is 0 Å². The molecule has 0 saturated heterocycles. The van der Waals surface area contributed by atoms with E-state index in [0.717, 1.165) is 18.2 Å². The van der Waals surface area contributed by atoms with Crippen LogP contribution in [-0.2, 0) is 6.61 Å². The first-order valence-corrected chi connectivity index (χ1v) is 4.77. The van der Waals surface area contributed by atoms with Gasteiger partial charge in [-0.1, -0.05) is 0 Å². The number of hydrogen-bond acceptors (Lipinski definition) is 5. The van der Waals surface area contributed by atoms with Crippen molar-refractivity contribution in [2.75, 3.05) is 18.0 Å². The molecule has 0 bridgehead atoms. The first-order chi connectivity index (χ1) is 5.81. The standard InChI is InChI=1S/C7H13N3OS/c1-3-10(4-2)7-8-6(5-11)9-12-7/h11H,3-5H2,1-2H3. The van der Waals surface area contributed by atoms with Gasteiger partial charge < -0.3 is 10.0 Å². The lowest BCUT2D eigenvalue weighted by molar-refractivity contribution is 0.273. The molecule has 68 valence electrons. The maximum atomic E-state index is 8.74. The van der Waals surface area contributed by atoms with Crippen LogP contribution in [0.25, 0.3) is 0 Å². The van der Waals surface area contributed by atoms with Crippen molar-refractivity contribution in [1.29, 1.82) is 0 Å². The Hall–Kier alpha value is -0.680. The minimum absolute atomic E-state index is 0.0717. The Kier molecular flexibility index (Phi) is 3.43. The van der Waals surface area contributed by atoms with Crippen LogP contribution in [0.15, 0.2) is 0 Å². The topological polar surface area (TPSA) is 49.2 Å². The fourth-order valence-electron chi connectivity index (χ4n) is 0.932. The van der Waals surface area contributed by atoms with Crippen LogP contribution in [0.4, 0.5) is 5.13 Å². The lowest BCUT2D eigenvalue weighted by atomic mass is 10.5. The molecular formula is C7H13N3OS. The largest absolute Gasteiger partial charge is 0.388 e. The highest BCUT2D eigenvalue weighted by atomic mass is 32.1. The van der Waals surface area contributed by atoms with Gasteiger partial charge in [0.15, 0.2) is 5.82 Å². The van der Waals surface area contributed by atoms with Gasteiger partial charge in [0.1, 0.15) is 6.61 Å². The lowest BCUT2D eigenvalue weighted by Gasteiger charge is -2.15. The summed E-state index contributed by atoms with van der Waals surface area (Å²) >= 11 is 1.34. The first-order valence-electron chi connectivity index (χ1n) is 4.00. The average molecular weight is 187 g/mol. The second-order valence-electron chi connectivity index (χ2n) is 2.32. The third kappa shape index (κ3) is 1.92. The molecule has 1 heterocycles. The Morgan fingerprint density at radius 2 is 2.08 bits per heavy atom. The van der Waals surface area contributed by atoms with Crippen molar-refractivity contribution in [3.05, 3.63) is 5.82 Å². The normalized spacial score (nSPS) is 10.2. The molecule has 0 aromatic carbocycles. The highest BCUT2D eigenvalue weighted by Crippen LogP contribution is 2.16. The van der Waals surface area contributed by atoms with Gasteiger partial charge in [-0.3, -0.25) is 0 Å². The molecule has 12 heavy (non-hydrogen) atoms. The summed E-state index contributed by atoms with van der Waals surface area (Å²) in [5.74, 6) is 0.516. The van der Waals surface area contributed by atoms with E-state index < -0.39 is 0 Å². The number of aliphatic hydroxyl groups is 1. The molecule has 0 fully saturated rings. The fraction of sp³-hybridized carbons (Fsp3) is 0.714. The van der Waals surface area contributed by atoms with Crippen LogP contribution in [0.2, 0.25) is 0 Å². The van der Waals surface area contributed by atoms with Crippen LogP contribution in [0.5, 0.6) is 0 Å². The third-order valence-corrected chi connectivity index (χ3v) is 2.45. The van der Waals surface area contributed by atoms with Gasteiger partial charge >= 0.3 is 0 Å². The van der Waals surface area contributed by atoms with Gasteiger partial charge in [-0.25, -0.2) is 4.98 Å². The van der Waals surface area contributed by atoms with Crippen molar-refractivity contribution in [1.82, 2.24) is 9.36 Å². The Bertz CT molecular complexity index is 234. The predicted molar refractivity (Wildman–Crippen MR) is 49.4 cm³/mol. The maximum absolute atomic E-state index is 8.74. The summed E-state index contributed by atoms with van der Waals surface area (Å²) in [6.07, 6.45) is 0. The molecule has 0 spiro atoms. The summed E-state index contributed by atoms with van der Waals surface area (Å²) in [5.41, 5.74) is 0. The van der Waals surface area contributed by atoms with Crippen molar-refractivity contribution in [2.45, 2.75) is 20.5 Å². The van der Waals surface area contributed by atoms with E-state index in [1.165, 1.54) is 11.5 Å². The molecule has 1 aromatic rings. The molecule has 5 heteroatoms. The molecule has 1 aromatic heterocycles. The quantitative estimate of drug-likeness (QED) is 0.760. The van der Waals surface area contributed by atoms with E-state index in [-0.39, 0.29) is 6.61 Å². The van der Waals surface area contributed by atoms with Gasteiger partial charge in [0, 0.05) is 24.6 Å². The number of nitrogens with zero attached hydrogens (tertiary/aromatic N) is 3. The zero-order chi connectivity index (χ0) is 8.97. The van der Waals surface area contributed by atoms with E-state index in [2.05, 4.69) is 28.1 Å². The van der Waals surface area contributed by atoms with E-state index in [9.17, 15) is 0 Å². The summed E-state index contributed by atoms with van der Waals surface area (Å²) < 4.78 is 3.99. The van der Waals surface area contributed by atoms with Crippen molar-refractivity contribution in [3.63, 3.8) is 0 Å². The van der Waals surface area contributed by atoms with E-state index in [4.69, 9.17) is 5.11 Å². The fourth-order valence-corrected chi connectivity index (χ4v) is 1.74. The molecule has 0 amide bonds. The molecule has 0 aliphatic carbocycles. The predicted octanol–water partition coefficient (Wildman–Crippen LogP) is 0.877. The Labute approximate surface area is 76.0 Å². The second kappa shape index (κ2) is 4.37. The van der Waals surface area contributed by atoms with Crippen LogP contribution < -0.4 is 4.90 Å². The van der Waals surface area contributed by atoms with E-state index in [1.54, 1.807) is 0 Å². The molecule has 0 unspecified atom stereocenters. The van der Waals surface area contributed by atoms with Crippen LogP contribution >= 0.6 is 11.5 Å². The monoisotopic (exact) mass is 187 g/mol. The minimum Gasteiger partial charge on any atom is -0.388 e. The van der Waals surface area contributed by atoms with E-state index in [0.29, 0.717) is 5.82 Å². The summed E-state index contributed by atoms with van der Waals surface area (Å²) in [6.45, 7) is 5.93. The zero-order valence-electron chi connectivity index (χ0n) is 7.32. The Balaban J connectivity index is 2.72. The summed E-state index contributed by atoms with van der Waals surface area (Å²) in [5, 5.41) is 9.63. The Morgan fingerprint density at radius 3 is 2.50 bits per heavy atom. The molecule has 1 rings (SSSR count). The Morgan fingerprint density at radius 1 is 1.42 bits per heavy atom. The zero-order valence-corrected chi connectivity index (χ0v) is 8.13. The summed E-state index contributed by atoms with van der Waals surface area (Å²) in [7, 11) is 0. The lowest BCUT2D eigenvalue weighted by Crippen LogP contribution is -2.21. The highest BCUT2D eigenvalue weighted by molar-refractivity contribution is 7.09. The van der Waals surface area contributed by atoms with Crippen molar-refractivity contribution >= 4 is 16.7 Å². The first kappa shape index (κ1) is 9.41.